The van der Waals surface area contributed by atoms with Gasteiger partial charge >= 0.3 is 0 Å². The normalized spacial score (nSPS) is 14.7. The van der Waals surface area contributed by atoms with Crippen molar-refractivity contribution in [3.8, 4) is 22.8 Å². The Morgan fingerprint density at radius 2 is 1.97 bits per heavy atom. The SMILES string of the molecule is CC(C)CCNC(=O)C1CCN(c2ncccc2-c2nc(-c3ccc(Cl)cc3)no2)CC1. The molecule has 1 saturated heterocycles. The molecule has 168 valence electrons. The largest absolute Gasteiger partial charge is 0.356 e. The summed E-state index contributed by atoms with van der Waals surface area (Å²) in [7, 11) is 0. The van der Waals surface area contributed by atoms with Gasteiger partial charge in [0.2, 0.25) is 11.7 Å². The van der Waals surface area contributed by atoms with E-state index < -0.39 is 0 Å². The van der Waals surface area contributed by atoms with Crippen molar-refractivity contribution in [2.24, 2.45) is 11.8 Å². The predicted octanol–water partition coefficient (Wildman–Crippen LogP) is 4.83. The van der Waals surface area contributed by atoms with E-state index in [1.165, 1.54) is 0 Å². The zero-order valence-corrected chi connectivity index (χ0v) is 19.2. The van der Waals surface area contributed by atoms with Crippen LogP contribution < -0.4 is 10.2 Å². The van der Waals surface area contributed by atoms with Gasteiger partial charge in [-0.05, 0) is 61.6 Å². The molecule has 1 N–H and O–H groups in total. The molecule has 0 spiro atoms. The van der Waals surface area contributed by atoms with Crippen LogP contribution in [0.25, 0.3) is 22.8 Å². The Bertz CT molecular complexity index is 1040. The summed E-state index contributed by atoms with van der Waals surface area (Å²) in [6, 6.07) is 11.1. The molecule has 1 aliphatic heterocycles. The maximum Gasteiger partial charge on any atom is 0.261 e. The minimum Gasteiger partial charge on any atom is -0.356 e. The fourth-order valence-corrected chi connectivity index (χ4v) is 3.97. The van der Waals surface area contributed by atoms with E-state index in [9.17, 15) is 4.79 Å². The third-order valence-electron chi connectivity index (χ3n) is 5.73. The van der Waals surface area contributed by atoms with Crippen LogP contribution in [-0.4, -0.2) is 40.7 Å². The van der Waals surface area contributed by atoms with Crippen LogP contribution in [0.2, 0.25) is 5.02 Å². The lowest BCUT2D eigenvalue weighted by molar-refractivity contribution is -0.125. The van der Waals surface area contributed by atoms with E-state index >= 15 is 0 Å². The van der Waals surface area contributed by atoms with Crippen LogP contribution in [0.1, 0.15) is 33.1 Å². The lowest BCUT2D eigenvalue weighted by Gasteiger charge is -2.32. The van der Waals surface area contributed by atoms with Gasteiger partial charge in [-0.3, -0.25) is 4.79 Å². The summed E-state index contributed by atoms with van der Waals surface area (Å²) in [5.41, 5.74) is 1.62. The molecule has 1 amide bonds. The number of carbonyl (C=O) groups excluding carboxylic acids is 1. The maximum atomic E-state index is 12.5. The van der Waals surface area contributed by atoms with Crippen LogP contribution in [0.5, 0.6) is 0 Å². The van der Waals surface area contributed by atoms with Gasteiger partial charge in [-0.1, -0.05) is 30.6 Å². The van der Waals surface area contributed by atoms with Gasteiger partial charge in [0.1, 0.15) is 5.82 Å². The second-order valence-electron chi connectivity index (χ2n) is 8.54. The average molecular weight is 454 g/mol. The first kappa shape index (κ1) is 22.3. The van der Waals surface area contributed by atoms with Crippen LogP contribution in [0.15, 0.2) is 47.1 Å². The third-order valence-corrected chi connectivity index (χ3v) is 5.98. The first-order chi connectivity index (χ1) is 15.5. The summed E-state index contributed by atoms with van der Waals surface area (Å²) in [6.07, 6.45) is 4.36. The smallest absolute Gasteiger partial charge is 0.261 e. The number of pyridine rings is 1. The number of carbonyl (C=O) groups is 1. The Labute approximate surface area is 193 Å². The van der Waals surface area contributed by atoms with E-state index in [2.05, 4.69) is 39.2 Å². The molecule has 0 atom stereocenters. The molecule has 0 aliphatic carbocycles. The summed E-state index contributed by atoms with van der Waals surface area (Å²) in [4.78, 5) is 23.8. The average Bonchev–Trinajstić information content (AvgIpc) is 3.29. The van der Waals surface area contributed by atoms with Crippen molar-refractivity contribution in [1.82, 2.24) is 20.4 Å². The molecule has 3 aromatic rings. The van der Waals surface area contributed by atoms with Crippen molar-refractivity contribution in [1.29, 1.82) is 0 Å². The first-order valence-corrected chi connectivity index (χ1v) is 11.5. The van der Waals surface area contributed by atoms with Gasteiger partial charge < -0.3 is 14.7 Å². The van der Waals surface area contributed by atoms with Crippen LogP contribution in [0.4, 0.5) is 5.82 Å². The second kappa shape index (κ2) is 10.1. The number of nitrogens with one attached hydrogen (secondary N) is 1. The van der Waals surface area contributed by atoms with Crippen LogP contribution >= 0.6 is 11.6 Å². The predicted molar refractivity (Wildman–Crippen MR) is 125 cm³/mol. The van der Waals surface area contributed by atoms with Crippen LogP contribution in [0.3, 0.4) is 0 Å². The molecule has 0 bridgehead atoms. The van der Waals surface area contributed by atoms with Crippen LogP contribution in [0, 0.1) is 11.8 Å². The molecule has 1 aliphatic rings. The molecule has 1 aromatic carbocycles. The molecule has 8 heteroatoms. The third kappa shape index (κ3) is 5.27. The van der Waals surface area contributed by atoms with Gasteiger partial charge in [0.25, 0.3) is 5.89 Å². The molecule has 2 aromatic heterocycles. The number of hydrogen-bond donors (Lipinski definition) is 1. The number of amides is 1. The lowest BCUT2D eigenvalue weighted by Crippen LogP contribution is -2.41. The minimum atomic E-state index is 0.0467. The van der Waals surface area contributed by atoms with Crippen molar-refractivity contribution >= 4 is 23.3 Å². The highest BCUT2D eigenvalue weighted by atomic mass is 35.5. The number of halogens is 1. The lowest BCUT2D eigenvalue weighted by atomic mass is 9.95. The van der Waals surface area contributed by atoms with E-state index in [0.717, 1.165) is 55.8 Å². The molecule has 1 fully saturated rings. The van der Waals surface area contributed by atoms with Gasteiger partial charge in [0, 0.05) is 42.3 Å². The van der Waals surface area contributed by atoms with Crippen molar-refractivity contribution in [2.45, 2.75) is 33.1 Å². The van der Waals surface area contributed by atoms with Crippen LogP contribution in [-0.2, 0) is 4.79 Å². The molecule has 0 unspecified atom stereocenters. The molecule has 7 nitrogen and oxygen atoms in total. The zero-order chi connectivity index (χ0) is 22.5. The van der Waals surface area contributed by atoms with Crippen molar-refractivity contribution < 1.29 is 9.32 Å². The summed E-state index contributed by atoms with van der Waals surface area (Å²) < 4.78 is 5.56. The topological polar surface area (TPSA) is 84.2 Å². The summed E-state index contributed by atoms with van der Waals surface area (Å²) in [5, 5.41) is 7.87. The molecule has 32 heavy (non-hydrogen) atoms. The summed E-state index contributed by atoms with van der Waals surface area (Å²) >= 11 is 5.97. The highest BCUT2D eigenvalue weighted by Gasteiger charge is 2.27. The van der Waals surface area contributed by atoms with Gasteiger partial charge in [0.15, 0.2) is 0 Å². The molecule has 3 heterocycles. The number of piperidine rings is 1. The number of benzene rings is 1. The molecular formula is C24H28ClN5O2. The highest BCUT2D eigenvalue weighted by Crippen LogP contribution is 2.32. The molecule has 0 radical (unpaired) electrons. The van der Waals surface area contributed by atoms with Crippen molar-refractivity contribution in [2.75, 3.05) is 24.5 Å². The highest BCUT2D eigenvalue weighted by molar-refractivity contribution is 6.30. The van der Waals surface area contributed by atoms with E-state index in [-0.39, 0.29) is 11.8 Å². The number of rotatable bonds is 7. The Hall–Kier alpha value is -2.93. The van der Waals surface area contributed by atoms with Gasteiger partial charge in [-0.25, -0.2) is 4.98 Å². The van der Waals surface area contributed by atoms with Gasteiger partial charge in [0.05, 0.1) is 5.56 Å². The second-order valence-corrected chi connectivity index (χ2v) is 8.98. The number of hydrogen-bond acceptors (Lipinski definition) is 6. The molecule has 0 saturated carbocycles. The summed E-state index contributed by atoms with van der Waals surface area (Å²) in [5.74, 6) is 2.53. The fourth-order valence-electron chi connectivity index (χ4n) is 3.85. The van der Waals surface area contributed by atoms with Gasteiger partial charge in [-0.2, -0.15) is 4.98 Å². The van der Waals surface area contributed by atoms with E-state index in [1.807, 2.05) is 24.3 Å². The summed E-state index contributed by atoms with van der Waals surface area (Å²) in [6.45, 7) is 6.58. The molecular weight excluding hydrogens is 426 g/mol. The zero-order valence-electron chi connectivity index (χ0n) is 18.4. The Balaban J connectivity index is 1.44. The van der Waals surface area contributed by atoms with E-state index in [1.54, 1.807) is 18.3 Å². The van der Waals surface area contributed by atoms with E-state index in [0.29, 0.717) is 22.7 Å². The van der Waals surface area contributed by atoms with Crippen molar-refractivity contribution in [3.05, 3.63) is 47.6 Å². The quantitative estimate of drug-likeness (QED) is 0.551. The molecule has 4 rings (SSSR count). The standard InChI is InChI=1S/C24H28ClN5O2/c1-16(2)9-13-27-23(31)18-10-14-30(15-11-18)22-20(4-3-12-26-22)24-28-21(29-32-24)17-5-7-19(25)8-6-17/h3-8,12,16,18H,9-11,13-15H2,1-2H3,(H,27,31). The number of anilines is 1. The van der Waals surface area contributed by atoms with Crippen molar-refractivity contribution in [3.63, 3.8) is 0 Å². The fraction of sp³-hybridized carbons (Fsp3) is 0.417. The van der Waals surface area contributed by atoms with E-state index in [4.69, 9.17) is 16.1 Å². The Morgan fingerprint density at radius 1 is 1.22 bits per heavy atom. The Kier molecular flexibility index (Phi) is 7.05. The minimum absolute atomic E-state index is 0.0467. The maximum absolute atomic E-state index is 12.5. The Morgan fingerprint density at radius 3 is 2.69 bits per heavy atom. The number of aromatic nitrogens is 3. The monoisotopic (exact) mass is 453 g/mol. The number of nitrogens with zero attached hydrogens (tertiary/aromatic N) is 4. The van der Waals surface area contributed by atoms with Gasteiger partial charge in [-0.15, -0.1) is 0 Å². The first-order valence-electron chi connectivity index (χ1n) is 11.1.